The number of hydrogen-bond acceptors (Lipinski definition) is 7. The van der Waals surface area contributed by atoms with E-state index >= 15 is 0 Å². The van der Waals surface area contributed by atoms with E-state index in [0.29, 0.717) is 24.7 Å². The van der Waals surface area contributed by atoms with Gasteiger partial charge in [-0.25, -0.2) is 0 Å². The van der Waals surface area contributed by atoms with Crippen molar-refractivity contribution >= 4 is 30.6 Å². The molecule has 2 fully saturated rings. The predicted octanol–water partition coefficient (Wildman–Crippen LogP) is 1.46. The van der Waals surface area contributed by atoms with Gasteiger partial charge < -0.3 is 25.0 Å². The van der Waals surface area contributed by atoms with Gasteiger partial charge in [0.2, 0.25) is 11.8 Å². The van der Waals surface area contributed by atoms with Crippen molar-refractivity contribution in [2.24, 2.45) is 11.8 Å². The van der Waals surface area contributed by atoms with Crippen LogP contribution < -0.4 is 15.4 Å². The van der Waals surface area contributed by atoms with Gasteiger partial charge in [-0.1, -0.05) is 59.0 Å². The number of rotatable bonds is 16. The Balaban J connectivity index is 2.12. The molecule has 0 spiro atoms. The topological polar surface area (TPSA) is 157 Å². The molecule has 0 unspecified atom stereocenters. The van der Waals surface area contributed by atoms with Crippen LogP contribution in [0.15, 0.2) is 12.7 Å². The van der Waals surface area contributed by atoms with Crippen LogP contribution in [0.5, 0.6) is 0 Å². The number of morpholine rings is 1. The molecule has 0 aromatic heterocycles. The van der Waals surface area contributed by atoms with Crippen LogP contribution in [0.25, 0.3) is 0 Å². The van der Waals surface area contributed by atoms with Crippen LogP contribution in [0, 0.1) is 11.8 Å². The smallest absolute Gasteiger partial charge is 0.355 e. The molecule has 0 radical (unpaired) electrons. The highest BCUT2D eigenvalue weighted by molar-refractivity contribution is 7.87. The quantitative estimate of drug-likeness (QED) is 0.135. The lowest BCUT2D eigenvalue weighted by atomic mass is 9.87. The van der Waals surface area contributed by atoms with Gasteiger partial charge in [-0.15, -0.1) is 6.58 Å². The summed E-state index contributed by atoms with van der Waals surface area (Å²) >= 11 is 0. The number of ether oxygens (including phenoxy) is 1. The molecule has 0 aromatic carbocycles. The van der Waals surface area contributed by atoms with E-state index < -0.39 is 48.3 Å². The number of hydrogen-bond donors (Lipinski definition) is 5. The minimum atomic E-state index is -3.91. The van der Waals surface area contributed by atoms with E-state index in [-0.39, 0.29) is 45.2 Å². The van der Waals surface area contributed by atoms with Crippen LogP contribution in [0.3, 0.4) is 0 Å². The summed E-state index contributed by atoms with van der Waals surface area (Å²) in [4.78, 5) is 48.8. The first-order valence-corrected chi connectivity index (χ1v) is 18.0. The van der Waals surface area contributed by atoms with E-state index in [1.807, 2.05) is 13.8 Å². The Hall–Kier alpha value is -1.35. The van der Waals surface area contributed by atoms with E-state index in [4.69, 9.17) is 4.74 Å². The third kappa shape index (κ3) is 11.2. The summed E-state index contributed by atoms with van der Waals surface area (Å²) < 4.78 is 34.5. The number of nitrogens with one attached hydrogen (secondary N) is 3. The van der Waals surface area contributed by atoms with E-state index in [9.17, 15) is 27.6 Å². The lowest BCUT2D eigenvalue weighted by molar-refractivity contribution is -0.130. The van der Waals surface area contributed by atoms with Crippen molar-refractivity contribution in [3.63, 3.8) is 0 Å². The second-order valence-corrected chi connectivity index (χ2v) is 15.9. The van der Waals surface area contributed by atoms with Crippen LogP contribution in [0.1, 0.15) is 78.6 Å². The summed E-state index contributed by atoms with van der Waals surface area (Å²) in [6.45, 7) is 10.4. The summed E-state index contributed by atoms with van der Waals surface area (Å²) in [5.41, 5.74) is -0.766. The summed E-state index contributed by atoms with van der Waals surface area (Å²) in [5.74, 6) is -0.557. The van der Waals surface area contributed by atoms with Crippen LogP contribution >= 0.6 is 0 Å². The lowest BCUT2D eigenvalue weighted by Gasteiger charge is -2.34. The van der Waals surface area contributed by atoms with Gasteiger partial charge in [0.1, 0.15) is 12.1 Å². The first-order chi connectivity index (χ1) is 18.4. The minimum Gasteiger partial charge on any atom is -0.409 e. The Morgan fingerprint density at radius 2 is 1.69 bits per heavy atom. The third-order valence-corrected chi connectivity index (χ3v) is 11.8. The molecule has 2 rings (SSSR count). The largest absolute Gasteiger partial charge is 0.409 e. The van der Waals surface area contributed by atoms with Gasteiger partial charge in [0.05, 0.1) is 18.9 Å². The van der Waals surface area contributed by atoms with Crippen molar-refractivity contribution in [2.75, 3.05) is 26.3 Å². The van der Waals surface area contributed by atoms with E-state index in [2.05, 4.69) is 21.9 Å². The Labute approximate surface area is 235 Å². The van der Waals surface area contributed by atoms with Crippen molar-refractivity contribution in [1.29, 1.82) is 0 Å². The average Bonchev–Trinajstić information content (AvgIpc) is 2.91. The number of carbonyl (C=O) groups excluding carboxylic acids is 2. The van der Waals surface area contributed by atoms with Crippen molar-refractivity contribution < 1.29 is 32.3 Å². The fourth-order valence-electron chi connectivity index (χ4n) is 5.10. The van der Waals surface area contributed by atoms with Crippen LogP contribution in [-0.4, -0.2) is 86.7 Å². The van der Waals surface area contributed by atoms with Gasteiger partial charge in [-0.05, 0) is 43.6 Å². The lowest BCUT2D eigenvalue weighted by Crippen LogP contribution is -2.62. The van der Waals surface area contributed by atoms with E-state index in [0.717, 1.165) is 25.7 Å². The van der Waals surface area contributed by atoms with E-state index in [1.165, 1.54) is 16.8 Å². The molecule has 0 bridgehead atoms. The fraction of sp³-hybridized carbons (Fsp3) is 0.846. The predicted molar refractivity (Wildman–Crippen MR) is 153 cm³/mol. The Bertz CT molecular complexity index is 891. The van der Waals surface area contributed by atoms with Crippen molar-refractivity contribution in [3.05, 3.63) is 12.7 Å². The average molecular weight is 591 g/mol. The molecule has 13 heteroatoms. The second kappa shape index (κ2) is 16.2. The minimum absolute atomic E-state index is 0.109. The molecule has 3 atom stereocenters. The highest BCUT2D eigenvalue weighted by Crippen LogP contribution is 2.30. The third-order valence-electron chi connectivity index (χ3n) is 7.62. The molecular weight excluding hydrogens is 540 g/mol. The summed E-state index contributed by atoms with van der Waals surface area (Å²) in [7, 11) is -7.72. The summed E-state index contributed by atoms with van der Waals surface area (Å²) in [5, 5.41) is 5.54. The monoisotopic (exact) mass is 590 g/mol. The van der Waals surface area contributed by atoms with Crippen LogP contribution in [0.2, 0.25) is 6.04 Å². The zero-order valence-corrected chi connectivity index (χ0v) is 25.7. The number of amides is 2. The van der Waals surface area contributed by atoms with Crippen molar-refractivity contribution in [3.8, 4) is 0 Å². The maximum atomic E-state index is 13.4. The van der Waals surface area contributed by atoms with Gasteiger partial charge >= 0.3 is 8.56 Å². The van der Waals surface area contributed by atoms with Gasteiger partial charge in [0.15, 0.2) is 0 Å². The van der Waals surface area contributed by atoms with E-state index in [1.54, 1.807) is 6.92 Å². The Morgan fingerprint density at radius 1 is 1.08 bits per heavy atom. The second-order valence-electron chi connectivity index (χ2n) is 11.3. The van der Waals surface area contributed by atoms with Gasteiger partial charge in [0.25, 0.3) is 10.2 Å². The maximum Gasteiger partial charge on any atom is 0.355 e. The zero-order valence-electron chi connectivity index (χ0n) is 23.9. The molecule has 11 nitrogen and oxygen atoms in total. The van der Waals surface area contributed by atoms with Crippen LogP contribution in [-0.2, 0) is 24.5 Å². The molecule has 1 saturated carbocycles. The molecular formula is C26H50N4O7SSi. The van der Waals surface area contributed by atoms with Crippen LogP contribution in [0.4, 0.5) is 0 Å². The normalized spacial score (nSPS) is 20.3. The molecule has 1 saturated heterocycles. The zero-order chi connectivity index (χ0) is 29.1. The van der Waals surface area contributed by atoms with Gasteiger partial charge in [0, 0.05) is 13.1 Å². The van der Waals surface area contributed by atoms with Crippen molar-refractivity contribution in [1.82, 2.24) is 19.7 Å². The number of nitrogens with zero attached hydrogens (tertiary/aromatic N) is 1. The number of carbonyl (C=O) groups is 2. The molecule has 5 N–H and O–H groups in total. The molecule has 0 aromatic rings. The first kappa shape index (κ1) is 33.9. The molecule has 1 heterocycles. The first-order valence-electron chi connectivity index (χ1n) is 14.4. The maximum absolute atomic E-state index is 13.4. The molecule has 2 amide bonds. The SMILES string of the molecule is C=CC[C@H](NC(=O)[C@H](CC)NS(=O)(=O)N1CCOCC1)C(=O)N[C@@H](CC1CCCCC1)[Si](O)(O)CCC(C)C. The molecule has 2 aliphatic rings. The van der Waals surface area contributed by atoms with Gasteiger partial charge in [-0.2, -0.15) is 17.4 Å². The summed E-state index contributed by atoms with van der Waals surface area (Å²) in [6, 6.07) is -1.85. The fourth-order valence-corrected chi connectivity index (χ4v) is 8.95. The highest BCUT2D eigenvalue weighted by atomic mass is 32.2. The molecule has 1 aliphatic carbocycles. The Morgan fingerprint density at radius 3 is 2.26 bits per heavy atom. The van der Waals surface area contributed by atoms with Gasteiger partial charge in [-0.3, -0.25) is 9.59 Å². The standard InChI is InChI=1S/C26H50N4O7SSi/c1-5-10-23(27-25(31)22(6-2)29-38(33,34)30-14-16-37-17-15-30)26(32)28-24(19-21-11-8-7-9-12-21)39(35,36)18-13-20(3)4/h5,20-24,29,35-36H,1,6-19H2,2-4H3,(H,27,31)(H,28,32)/t22-,23-,24+/m0/s1. The molecule has 39 heavy (non-hydrogen) atoms. The molecule has 1 aliphatic heterocycles. The van der Waals surface area contributed by atoms with Crippen molar-refractivity contribution in [2.45, 2.75) is 102 Å². The Kier molecular flexibility index (Phi) is 14.0. The molecule has 226 valence electrons. The highest BCUT2D eigenvalue weighted by Gasteiger charge is 2.42. The summed E-state index contributed by atoms with van der Waals surface area (Å²) in [6.07, 6.45) is 8.28.